The van der Waals surface area contributed by atoms with Gasteiger partial charge in [-0.15, -0.1) is 0 Å². The average molecular weight is 264 g/mol. The summed E-state index contributed by atoms with van der Waals surface area (Å²) in [6.45, 7) is 2.71. The second-order valence-electron chi connectivity index (χ2n) is 5.34. The Morgan fingerprint density at radius 1 is 1.26 bits per heavy atom. The largest absolute Gasteiger partial charge is 0.380 e. The molecule has 1 aromatic rings. The molecule has 0 unspecified atom stereocenters. The Labute approximate surface area is 112 Å². The van der Waals surface area contributed by atoms with Crippen LogP contribution in [0.25, 0.3) is 0 Å². The predicted molar refractivity (Wildman–Crippen MR) is 70.8 cm³/mol. The number of nitrogens with zero attached hydrogens (tertiary/aromatic N) is 1. The maximum absolute atomic E-state index is 13.7. The minimum atomic E-state index is -0.694. The second kappa shape index (κ2) is 5.56. The summed E-state index contributed by atoms with van der Waals surface area (Å²) in [5, 5.41) is 11.6. The minimum absolute atomic E-state index is 0.00613. The van der Waals surface area contributed by atoms with Crippen LogP contribution in [-0.2, 0) is 0 Å². The number of nitrogens with one attached hydrogen (secondary N) is 1. The predicted octanol–water partition coefficient (Wildman–Crippen LogP) is 4.22. The Morgan fingerprint density at radius 3 is 2.32 bits per heavy atom. The number of benzene rings is 1. The Bertz CT molecular complexity index is 476. The molecule has 0 bridgehead atoms. The molecule has 0 saturated heterocycles. The van der Waals surface area contributed by atoms with Crippen LogP contribution in [-0.4, -0.2) is 6.54 Å². The van der Waals surface area contributed by atoms with Crippen molar-refractivity contribution in [3.05, 3.63) is 29.3 Å². The minimum Gasteiger partial charge on any atom is -0.380 e. The van der Waals surface area contributed by atoms with Gasteiger partial charge < -0.3 is 5.32 Å². The number of rotatable bonds is 4. The second-order valence-corrected chi connectivity index (χ2v) is 5.34. The van der Waals surface area contributed by atoms with Crippen LogP contribution in [0.2, 0.25) is 0 Å². The Hall–Kier alpha value is -1.63. The van der Waals surface area contributed by atoms with Crippen molar-refractivity contribution in [1.29, 1.82) is 5.26 Å². The van der Waals surface area contributed by atoms with E-state index in [-0.39, 0.29) is 16.7 Å². The first-order valence-corrected chi connectivity index (χ1v) is 6.73. The Kier molecular flexibility index (Phi) is 4.04. The first-order valence-electron chi connectivity index (χ1n) is 6.73. The Morgan fingerprint density at radius 2 is 1.84 bits per heavy atom. The van der Waals surface area contributed by atoms with Gasteiger partial charge in [-0.2, -0.15) is 5.26 Å². The molecule has 19 heavy (non-hydrogen) atoms. The van der Waals surface area contributed by atoms with E-state index in [9.17, 15) is 8.78 Å². The van der Waals surface area contributed by atoms with Gasteiger partial charge in [0, 0.05) is 6.54 Å². The summed E-state index contributed by atoms with van der Waals surface area (Å²) in [6, 6.07) is 3.88. The van der Waals surface area contributed by atoms with E-state index in [1.165, 1.54) is 12.8 Å². The average Bonchev–Trinajstić information content (AvgIpc) is 2.87. The van der Waals surface area contributed by atoms with Crippen molar-refractivity contribution in [2.75, 3.05) is 11.9 Å². The van der Waals surface area contributed by atoms with E-state index >= 15 is 0 Å². The standard InChI is InChI=1S/C15H18F2N2/c1-2-15(5-3-4-6-15)10-19-14-12(16)7-11(9-18)8-13(14)17/h7-8,19H,2-6,10H2,1H3. The lowest BCUT2D eigenvalue weighted by molar-refractivity contribution is 0.306. The van der Waals surface area contributed by atoms with Crippen LogP contribution in [0, 0.1) is 28.4 Å². The summed E-state index contributed by atoms with van der Waals surface area (Å²) in [4.78, 5) is 0. The number of halogens is 2. The first kappa shape index (κ1) is 13.8. The highest BCUT2D eigenvalue weighted by molar-refractivity contribution is 5.50. The first-order chi connectivity index (χ1) is 9.10. The number of hydrogen-bond donors (Lipinski definition) is 1. The van der Waals surface area contributed by atoms with E-state index < -0.39 is 11.6 Å². The molecular formula is C15H18F2N2. The van der Waals surface area contributed by atoms with E-state index in [1.54, 1.807) is 6.07 Å². The smallest absolute Gasteiger partial charge is 0.150 e. The molecule has 0 amide bonds. The molecule has 1 aromatic carbocycles. The van der Waals surface area contributed by atoms with Gasteiger partial charge in [0.1, 0.15) is 5.69 Å². The summed E-state index contributed by atoms with van der Waals surface area (Å²) >= 11 is 0. The molecule has 1 aliphatic carbocycles. The fourth-order valence-electron chi connectivity index (χ4n) is 2.86. The highest BCUT2D eigenvalue weighted by Crippen LogP contribution is 2.41. The number of hydrogen-bond acceptors (Lipinski definition) is 2. The monoisotopic (exact) mass is 264 g/mol. The van der Waals surface area contributed by atoms with Crippen molar-refractivity contribution in [3.63, 3.8) is 0 Å². The van der Waals surface area contributed by atoms with Crippen LogP contribution in [0.4, 0.5) is 14.5 Å². The molecule has 0 radical (unpaired) electrons. The molecule has 1 saturated carbocycles. The summed E-state index contributed by atoms with van der Waals surface area (Å²) in [7, 11) is 0. The van der Waals surface area contributed by atoms with E-state index in [2.05, 4.69) is 12.2 Å². The van der Waals surface area contributed by atoms with Crippen molar-refractivity contribution in [2.45, 2.75) is 39.0 Å². The third-order valence-electron chi connectivity index (χ3n) is 4.23. The molecule has 0 heterocycles. The highest BCUT2D eigenvalue weighted by Gasteiger charge is 2.32. The summed E-state index contributed by atoms with van der Waals surface area (Å²) in [5.74, 6) is -1.39. The molecule has 0 atom stereocenters. The van der Waals surface area contributed by atoms with Crippen LogP contribution >= 0.6 is 0 Å². The lowest BCUT2D eigenvalue weighted by Gasteiger charge is -2.28. The van der Waals surface area contributed by atoms with Gasteiger partial charge in [-0.25, -0.2) is 8.78 Å². The van der Waals surface area contributed by atoms with Gasteiger partial charge in [0.2, 0.25) is 0 Å². The lowest BCUT2D eigenvalue weighted by atomic mass is 9.83. The van der Waals surface area contributed by atoms with E-state index in [0.29, 0.717) is 6.54 Å². The molecule has 1 aliphatic rings. The van der Waals surface area contributed by atoms with Crippen molar-refractivity contribution >= 4 is 5.69 Å². The van der Waals surface area contributed by atoms with Gasteiger partial charge in [0.15, 0.2) is 11.6 Å². The number of nitriles is 1. The maximum Gasteiger partial charge on any atom is 0.150 e. The van der Waals surface area contributed by atoms with Crippen molar-refractivity contribution in [2.24, 2.45) is 5.41 Å². The van der Waals surface area contributed by atoms with Gasteiger partial charge in [0.25, 0.3) is 0 Å². The van der Waals surface area contributed by atoms with Crippen molar-refractivity contribution < 1.29 is 8.78 Å². The molecule has 0 spiro atoms. The molecule has 4 heteroatoms. The fourth-order valence-corrected chi connectivity index (χ4v) is 2.86. The van der Waals surface area contributed by atoms with Crippen molar-refractivity contribution in [1.82, 2.24) is 0 Å². The van der Waals surface area contributed by atoms with E-state index in [4.69, 9.17) is 5.26 Å². The molecule has 0 aliphatic heterocycles. The van der Waals surface area contributed by atoms with Gasteiger partial charge in [-0.1, -0.05) is 19.8 Å². The Balaban J connectivity index is 2.14. The molecule has 2 nitrogen and oxygen atoms in total. The molecule has 1 N–H and O–H groups in total. The molecule has 0 aromatic heterocycles. The van der Waals surface area contributed by atoms with E-state index in [1.807, 2.05) is 0 Å². The SMILES string of the molecule is CCC1(CNc2c(F)cc(C#N)cc2F)CCCC1. The van der Waals surface area contributed by atoms with Gasteiger partial charge in [0.05, 0.1) is 11.6 Å². The fraction of sp³-hybridized carbons (Fsp3) is 0.533. The zero-order valence-corrected chi connectivity index (χ0v) is 11.1. The van der Waals surface area contributed by atoms with Crippen molar-refractivity contribution in [3.8, 4) is 6.07 Å². The third kappa shape index (κ3) is 2.86. The zero-order chi connectivity index (χ0) is 13.9. The molecular weight excluding hydrogens is 246 g/mol. The molecule has 1 fully saturated rings. The van der Waals surface area contributed by atoms with Crippen LogP contribution in [0.5, 0.6) is 0 Å². The van der Waals surface area contributed by atoms with Crippen LogP contribution in [0.15, 0.2) is 12.1 Å². The quantitative estimate of drug-likeness (QED) is 0.883. The van der Waals surface area contributed by atoms with Crippen LogP contribution < -0.4 is 5.32 Å². The summed E-state index contributed by atoms with van der Waals surface area (Å²) in [5.41, 5.74) is 0.0533. The number of anilines is 1. The summed E-state index contributed by atoms with van der Waals surface area (Å²) < 4.78 is 27.5. The summed E-state index contributed by atoms with van der Waals surface area (Å²) in [6.07, 6.45) is 5.60. The van der Waals surface area contributed by atoms with Gasteiger partial charge in [-0.05, 0) is 36.8 Å². The third-order valence-corrected chi connectivity index (χ3v) is 4.23. The molecule has 102 valence electrons. The normalized spacial score (nSPS) is 17.2. The topological polar surface area (TPSA) is 35.8 Å². The zero-order valence-electron chi connectivity index (χ0n) is 11.1. The highest BCUT2D eigenvalue weighted by atomic mass is 19.1. The van der Waals surface area contributed by atoms with Crippen LogP contribution in [0.3, 0.4) is 0 Å². The van der Waals surface area contributed by atoms with E-state index in [0.717, 1.165) is 31.4 Å². The van der Waals surface area contributed by atoms with Gasteiger partial charge in [-0.3, -0.25) is 0 Å². The molecule has 2 rings (SSSR count). The van der Waals surface area contributed by atoms with Crippen LogP contribution in [0.1, 0.15) is 44.6 Å². The lowest BCUT2D eigenvalue weighted by Crippen LogP contribution is -2.26. The maximum atomic E-state index is 13.7. The van der Waals surface area contributed by atoms with Gasteiger partial charge >= 0.3 is 0 Å².